The van der Waals surface area contributed by atoms with Crippen LogP contribution >= 0.6 is 0 Å². The molecule has 3 aromatic rings. The number of fused-ring (bicyclic) bond motifs is 3. The highest BCUT2D eigenvalue weighted by Gasteiger charge is 2.34. The number of hydrogen-bond acceptors (Lipinski definition) is 3. The van der Waals surface area contributed by atoms with Gasteiger partial charge in [-0.1, -0.05) is 30.3 Å². The molecule has 3 N–H and O–H groups in total. The van der Waals surface area contributed by atoms with Gasteiger partial charge in [0.1, 0.15) is 12.2 Å². The highest BCUT2D eigenvalue weighted by Crippen LogP contribution is 2.37. The number of alkyl halides is 3. The topological polar surface area (TPSA) is 72.9 Å². The lowest BCUT2D eigenvalue weighted by molar-refractivity contribution is -0.140. The number of nitrogens with zero attached hydrogens (tertiary/aromatic N) is 2. The molecular weight excluding hydrogens is 405 g/mol. The van der Waals surface area contributed by atoms with Crippen LogP contribution in [0, 0.1) is 0 Å². The molecule has 0 unspecified atom stereocenters. The molecule has 4 rings (SSSR count). The van der Waals surface area contributed by atoms with E-state index >= 15 is 0 Å². The van der Waals surface area contributed by atoms with Gasteiger partial charge >= 0.3 is 6.18 Å². The fraction of sp³-hybridized carbons (Fsp3) is 0.304. The van der Waals surface area contributed by atoms with E-state index in [4.69, 9.17) is 5.73 Å². The Hall–Kier alpha value is -3.13. The first-order valence-electron chi connectivity index (χ1n) is 10.1. The van der Waals surface area contributed by atoms with Crippen LogP contribution in [0.25, 0.3) is 11.3 Å². The van der Waals surface area contributed by atoms with Crippen LogP contribution in [0.15, 0.2) is 54.9 Å². The fourth-order valence-electron chi connectivity index (χ4n) is 4.12. The maximum atomic E-state index is 13.4. The lowest BCUT2D eigenvalue weighted by atomic mass is 9.92. The van der Waals surface area contributed by atoms with Crippen molar-refractivity contribution in [3.05, 3.63) is 77.2 Å². The van der Waals surface area contributed by atoms with Crippen molar-refractivity contribution in [1.29, 1.82) is 0 Å². The summed E-state index contributed by atoms with van der Waals surface area (Å²) in [5.74, 6) is -0.555. The van der Waals surface area contributed by atoms with E-state index in [2.05, 4.69) is 10.3 Å². The van der Waals surface area contributed by atoms with Gasteiger partial charge in [0.15, 0.2) is 0 Å². The van der Waals surface area contributed by atoms with Crippen molar-refractivity contribution >= 4 is 5.91 Å². The number of amides is 1. The normalized spacial score (nSPS) is 13.9. The zero-order valence-corrected chi connectivity index (χ0v) is 16.8. The summed E-state index contributed by atoms with van der Waals surface area (Å²) in [6.07, 6.45) is 0.493. The van der Waals surface area contributed by atoms with Crippen LogP contribution < -0.4 is 11.1 Å². The number of aromatic nitrogens is 2. The maximum Gasteiger partial charge on any atom is 0.406 e. The summed E-state index contributed by atoms with van der Waals surface area (Å²) < 4.78 is 41.4. The van der Waals surface area contributed by atoms with Gasteiger partial charge in [0, 0.05) is 30.5 Å². The number of carbonyl (C=O) groups is 1. The van der Waals surface area contributed by atoms with E-state index in [9.17, 15) is 18.0 Å². The zero-order chi connectivity index (χ0) is 22.0. The average molecular weight is 428 g/mol. The minimum absolute atomic E-state index is 0.00139. The summed E-state index contributed by atoms with van der Waals surface area (Å²) in [6.45, 7) is -1.06. The summed E-state index contributed by atoms with van der Waals surface area (Å²) >= 11 is 0. The van der Waals surface area contributed by atoms with Gasteiger partial charge in [-0.05, 0) is 48.1 Å². The highest BCUT2D eigenvalue weighted by molar-refractivity contribution is 5.95. The Kier molecular flexibility index (Phi) is 5.82. The van der Waals surface area contributed by atoms with Crippen molar-refractivity contribution < 1.29 is 18.0 Å². The van der Waals surface area contributed by atoms with Crippen LogP contribution in [0.3, 0.4) is 0 Å². The Bertz CT molecular complexity index is 1080. The standard InChI is InChI=1S/C23H23F3N4O/c24-23(25,26)14-30-20(11-16-6-7-17-13-28-9-8-19(17)21(16)30)22(31)29-18(12-27)10-15-4-2-1-3-5-15/h1-5,8-9,11,13,18H,6-7,10,12,14,27H2,(H,29,31)/t18-/m0/s1. The Morgan fingerprint density at radius 1 is 1.16 bits per heavy atom. The van der Waals surface area contributed by atoms with E-state index in [-0.39, 0.29) is 12.2 Å². The average Bonchev–Trinajstić information content (AvgIpc) is 3.11. The van der Waals surface area contributed by atoms with Crippen LogP contribution in [0.1, 0.15) is 27.2 Å². The van der Waals surface area contributed by atoms with E-state index in [1.807, 2.05) is 30.3 Å². The Labute approximate surface area is 178 Å². The van der Waals surface area contributed by atoms with Crippen molar-refractivity contribution in [2.45, 2.75) is 38.0 Å². The predicted molar refractivity (Wildman–Crippen MR) is 112 cm³/mol. The van der Waals surface area contributed by atoms with E-state index in [1.165, 1.54) is 0 Å². The van der Waals surface area contributed by atoms with Crippen LogP contribution in [0.4, 0.5) is 13.2 Å². The minimum atomic E-state index is -4.47. The quantitative estimate of drug-likeness (QED) is 0.631. The lowest BCUT2D eigenvalue weighted by Gasteiger charge is -2.22. The van der Waals surface area contributed by atoms with E-state index < -0.39 is 24.7 Å². The molecule has 0 radical (unpaired) electrons. The zero-order valence-electron chi connectivity index (χ0n) is 16.8. The first-order chi connectivity index (χ1) is 14.9. The summed E-state index contributed by atoms with van der Waals surface area (Å²) in [4.78, 5) is 17.2. The SMILES string of the molecule is NC[C@H](Cc1ccccc1)NC(=O)c1cc2c(n1CC(F)(F)F)-c1ccncc1CC2. The number of rotatable bonds is 6. The highest BCUT2D eigenvalue weighted by atomic mass is 19.4. The van der Waals surface area contributed by atoms with Gasteiger partial charge in [-0.15, -0.1) is 0 Å². The number of hydrogen-bond donors (Lipinski definition) is 2. The molecule has 5 nitrogen and oxygen atoms in total. The third kappa shape index (κ3) is 4.64. The molecule has 162 valence electrons. The predicted octanol–water partition coefficient (Wildman–Crippen LogP) is 3.51. The molecule has 0 fully saturated rings. The van der Waals surface area contributed by atoms with Gasteiger partial charge in [-0.3, -0.25) is 9.78 Å². The summed E-state index contributed by atoms with van der Waals surface area (Å²) in [6, 6.07) is 12.4. The molecule has 0 spiro atoms. The number of pyridine rings is 1. The Morgan fingerprint density at radius 2 is 1.90 bits per heavy atom. The van der Waals surface area contributed by atoms with Crippen molar-refractivity contribution in [1.82, 2.24) is 14.9 Å². The number of benzene rings is 1. The summed E-state index contributed by atoms with van der Waals surface area (Å²) in [5.41, 5.74) is 9.58. The van der Waals surface area contributed by atoms with Crippen molar-refractivity contribution in [3.63, 3.8) is 0 Å². The van der Waals surface area contributed by atoms with Crippen molar-refractivity contribution in [2.75, 3.05) is 6.54 Å². The van der Waals surface area contributed by atoms with Crippen molar-refractivity contribution in [2.24, 2.45) is 5.73 Å². The van der Waals surface area contributed by atoms with Gasteiger partial charge in [-0.2, -0.15) is 13.2 Å². The number of carbonyl (C=O) groups excluding carboxylic acids is 1. The van der Waals surface area contributed by atoms with Crippen LogP contribution in [0.5, 0.6) is 0 Å². The number of nitrogens with one attached hydrogen (secondary N) is 1. The first-order valence-corrected chi connectivity index (χ1v) is 10.1. The molecular formula is C23H23F3N4O. The molecule has 1 aliphatic carbocycles. The van der Waals surface area contributed by atoms with Crippen LogP contribution in [0.2, 0.25) is 0 Å². The Morgan fingerprint density at radius 3 is 2.61 bits per heavy atom. The molecule has 0 saturated heterocycles. The summed E-state index contributed by atoms with van der Waals surface area (Å²) in [5, 5.41) is 2.83. The van der Waals surface area contributed by atoms with E-state index in [1.54, 1.807) is 24.5 Å². The minimum Gasteiger partial charge on any atom is -0.346 e. The molecule has 8 heteroatoms. The lowest BCUT2D eigenvalue weighted by Crippen LogP contribution is -2.42. The maximum absolute atomic E-state index is 13.4. The van der Waals surface area contributed by atoms with Gasteiger partial charge in [0.25, 0.3) is 5.91 Å². The molecule has 31 heavy (non-hydrogen) atoms. The molecule has 2 aromatic heterocycles. The van der Waals surface area contributed by atoms with Gasteiger partial charge in [0.2, 0.25) is 0 Å². The molecule has 0 bridgehead atoms. The number of aryl methyl sites for hydroxylation is 2. The largest absolute Gasteiger partial charge is 0.406 e. The number of halogens is 3. The van der Waals surface area contributed by atoms with Gasteiger partial charge in [0.05, 0.1) is 5.69 Å². The molecule has 1 aromatic carbocycles. The second kappa shape index (κ2) is 8.55. The summed E-state index contributed by atoms with van der Waals surface area (Å²) in [7, 11) is 0. The molecule has 0 saturated carbocycles. The van der Waals surface area contributed by atoms with Crippen LogP contribution in [-0.2, 0) is 25.8 Å². The van der Waals surface area contributed by atoms with Crippen molar-refractivity contribution in [3.8, 4) is 11.3 Å². The molecule has 0 aliphatic heterocycles. The number of nitrogens with two attached hydrogens (primary N) is 1. The molecule has 2 heterocycles. The van der Waals surface area contributed by atoms with Crippen LogP contribution in [-0.4, -0.2) is 34.2 Å². The first kappa shape index (κ1) is 21.1. The Balaban J connectivity index is 1.68. The van der Waals surface area contributed by atoms with Gasteiger partial charge in [-0.25, -0.2) is 0 Å². The second-order valence-electron chi connectivity index (χ2n) is 7.73. The smallest absolute Gasteiger partial charge is 0.346 e. The monoisotopic (exact) mass is 428 g/mol. The fourth-order valence-corrected chi connectivity index (χ4v) is 4.12. The molecule has 1 amide bonds. The second-order valence-corrected chi connectivity index (χ2v) is 7.73. The molecule has 1 aliphatic rings. The molecule has 1 atom stereocenters. The third-order valence-corrected chi connectivity index (χ3v) is 5.51. The van der Waals surface area contributed by atoms with E-state index in [0.717, 1.165) is 21.3 Å². The van der Waals surface area contributed by atoms with E-state index in [0.29, 0.717) is 30.5 Å². The van der Waals surface area contributed by atoms with Gasteiger partial charge < -0.3 is 15.6 Å². The third-order valence-electron chi connectivity index (χ3n) is 5.51.